The van der Waals surface area contributed by atoms with Crippen LogP contribution in [-0.2, 0) is 6.54 Å². The fraction of sp³-hybridized carbons (Fsp3) is 0.600. The van der Waals surface area contributed by atoms with Crippen LogP contribution >= 0.6 is 31.9 Å². The molecule has 1 aromatic rings. The van der Waals surface area contributed by atoms with Gasteiger partial charge in [0.05, 0.1) is 14.5 Å². The first-order chi connectivity index (χ1) is 9.45. The molecule has 0 aromatic heterocycles. The molecule has 0 heterocycles. The lowest BCUT2D eigenvalue weighted by atomic mass is 9.99. The Labute approximate surface area is 138 Å². The molecule has 0 fully saturated rings. The molecule has 0 bridgehead atoms. The van der Waals surface area contributed by atoms with E-state index in [2.05, 4.69) is 44.1 Å². The third kappa shape index (κ3) is 5.02. The first kappa shape index (κ1) is 18.0. The average molecular weight is 409 g/mol. The molecule has 0 aliphatic heterocycles. The number of halogens is 2. The van der Waals surface area contributed by atoms with Crippen LogP contribution in [0.4, 0.5) is 0 Å². The Hall–Kier alpha value is -0.100. The zero-order valence-corrected chi connectivity index (χ0v) is 15.5. The highest BCUT2D eigenvalue weighted by molar-refractivity contribution is 9.11. The summed E-state index contributed by atoms with van der Waals surface area (Å²) >= 11 is 7.07. The molecule has 0 atom stereocenters. The molecule has 0 saturated carbocycles. The van der Waals surface area contributed by atoms with Gasteiger partial charge in [-0.05, 0) is 68.9 Å². The van der Waals surface area contributed by atoms with E-state index in [9.17, 15) is 5.11 Å². The number of benzene rings is 1. The second kappa shape index (κ2) is 8.37. The summed E-state index contributed by atoms with van der Waals surface area (Å²) in [7, 11) is 0. The molecule has 0 spiro atoms. The van der Waals surface area contributed by atoms with Gasteiger partial charge in [0.25, 0.3) is 0 Å². The molecule has 3 nitrogen and oxygen atoms in total. The van der Waals surface area contributed by atoms with Crippen LogP contribution in [0, 0.1) is 0 Å². The molecule has 2 N–H and O–H groups in total. The average Bonchev–Trinajstić information content (AvgIpc) is 2.43. The van der Waals surface area contributed by atoms with Gasteiger partial charge in [0, 0.05) is 6.54 Å². The predicted molar refractivity (Wildman–Crippen MR) is 90.2 cm³/mol. The molecule has 20 heavy (non-hydrogen) atoms. The van der Waals surface area contributed by atoms with E-state index in [-0.39, 0.29) is 0 Å². The fourth-order valence-electron chi connectivity index (χ4n) is 1.78. The van der Waals surface area contributed by atoms with Gasteiger partial charge in [-0.25, -0.2) is 0 Å². The third-order valence-electron chi connectivity index (χ3n) is 3.44. The molecule has 0 aliphatic carbocycles. The number of hydrogen-bond acceptors (Lipinski definition) is 3. The lowest BCUT2D eigenvalue weighted by molar-refractivity contribution is -0.0117. The van der Waals surface area contributed by atoms with Crippen LogP contribution in [0.5, 0.6) is 5.75 Å². The Morgan fingerprint density at radius 3 is 2.15 bits per heavy atom. The summed E-state index contributed by atoms with van der Waals surface area (Å²) in [4.78, 5) is 0. The van der Waals surface area contributed by atoms with E-state index < -0.39 is 5.60 Å². The Bertz CT molecular complexity index is 411. The van der Waals surface area contributed by atoms with Gasteiger partial charge in [-0.15, -0.1) is 0 Å². The minimum absolute atomic E-state index is 0.295. The molecule has 0 radical (unpaired) electrons. The minimum Gasteiger partial charge on any atom is -0.488 e. The largest absolute Gasteiger partial charge is 0.488 e. The maximum atomic E-state index is 10.3. The number of aliphatic hydroxyl groups is 1. The molecule has 0 saturated heterocycles. The number of hydrogen-bond donors (Lipinski definition) is 2. The smallest absolute Gasteiger partial charge is 0.147 e. The molecule has 1 rings (SSSR count). The van der Waals surface area contributed by atoms with Crippen molar-refractivity contribution in [3.63, 3.8) is 0 Å². The normalized spacial score (nSPS) is 11.7. The van der Waals surface area contributed by atoms with Gasteiger partial charge in [-0.1, -0.05) is 20.8 Å². The molecule has 0 aliphatic rings. The Morgan fingerprint density at radius 1 is 1.15 bits per heavy atom. The lowest BCUT2D eigenvalue weighted by Crippen LogP contribution is -2.34. The summed E-state index contributed by atoms with van der Waals surface area (Å²) in [5.41, 5.74) is 0.417. The highest BCUT2D eigenvalue weighted by Crippen LogP contribution is 2.35. The van der Waals surface area contributed by atoms with E-state index in [1.54, 1.807) is 0 Å². The topological polar surface area (TPSA) is 41.5 Å². The van der Waals surface area contributed by atoms with Crippen molar-refractivity contribution in [1.29, 1.82) is 0 Å². The SMILES string of the molecule is CCNCc1cc(Br)c(OCC(O)(CC)CC)c(Br)c1. The van der Waals surface area contributed by atoms with Crippen molar-refractivity contribution >= 4 is 31.9 Å². The Morgan fingerprint density at radius 2 is 1.70 bits per heavy atom. The number of rotatable bonds is 8. The van der Waals surface area contributed by atoms with E-state index in [4.69, 9.17) is 4.74 Å². The first-order valence-corrected chi connectivity index (χ1v) is 8.58. The standard InChI is InChI=1S/C15H23Br2NO2/c1-4-15(19,5-2)10-20-14-12(16)7-11(8-13(14)17)9-18-6-3/h7-8,18-19H,4-6,9-10H2,1-3H3. The maximum absolute atomic E-state index is 10.3. The van der Waals surface area contributed by atoms with Gasteiger partial charge in [-0.2, -0.15) is 0 Å². The van der Waals surface area contributed by atoms with Crippen LogP contribution in [0.25, 0.3) is 0 Å². The van der Waals surface area contributed by atoms with E-state index >= 15 is 0 Å². The lowest BCUT2D eigenvalue weighted by Gasteiger charge is -2.25. The van der Waals surface area contributed by atoms with Crippen LogP contribution in [-0.4, -0.2) is 23.9 Å². The molecular formula is C15H23Br2NO2. The van der Waals surface area contributed by atoms with E-state index in [1.165, 1.54) is 5.56 Å². The van der Waals surface area contributed by atoms with Crippen LogP contribution in [0.3, 0.4) is 0 Å². The van der Waals surface area contributed by atoms with Crippen molar-refractivity contribution in [3.8, 4) is 5.75 Å². The van der Waals surface area contributed by atoms with Gasteiger partial charge < -0.3 is 15.2 Å². The summed E-state index contributed by atoms with van der Waals surface area (Å²) in [6.45, 7) is 8.07. The van der Waals surface area contributed by atoms with Crippen LogP contribution in [0.15, 0.2) is 21.1 Å². The molecule has 114 valence electrons. The highest BCUT2D eigenvalue weighted by Gasteiger charge is 2.24. The van der Waals surface area contributed by atoms with Gasteiger partial charge >= 0.3 is 0 Å². The summed E-state index contributed by atoms with van der Waals surface area (Å²) in [5.74, 6) is 0.741. The van der Waals surface area contributed by atoms with Crippen molar-refractivity contribution in [2.24, 2.45) is 0 Å². The summed E-state index contributed by atoms with van der Waals surface area (Å²) in [5, 5.41) is 13.6. The van der Waals surface area contributed by atoms with Gasteiger partial charge in [0.1, 0.15) is 12.4 Å². The molecule has 0 unspecified atom stereocenters. The first-order valence-electron chi connectivity index (χ1n) is 6.99. The zero-order chi connectivity index (χ0) is 15.2. The van der Waals surface area contributed by atoms with Crippen LogP contribution < -0.4 is 10.1 Å². The van der Waals surface area contributed by atoms with Crippen LogP contribution in [0.1, 0.15) is 39.2 Å². The molecule has 5 heteroatoms. The third-order valence-corrected chi connectivity index (χ3v) is 4.62. The van der Waals surface area contributed by atoms with Gasteiger partial charge in [0.2, 0.25) is 0 Å². The van der Waals surface area contributed by atoms with E-state index in [1.807, 2.05) is 26.0 Å². The number of nitrogens with one attached hydrogen (secondary N) is 1. The summed E-state index contributed by atoms with van der Waals surface area (Å²) in [6.07, 6.45) is 1.36. The minimum atomic E-state index is -0.763. The van der Waals surface area contributed by atoms with Gasteiger partial charge in [0.15, 0.2) is 0 Å². The quantitative estimate of drug-likeness (QED) is 0.675. The maximum Gasteiger partial charge on any atom is 0.147 e. The fourth-order valence-corrected chi connectivity index (χ4v) is 3.29. The van der Waals surface area contributed by atoms with Crippen molar-refractivity contribution in [1.82, 2.24) is 5.32 Å². The van der Waals surface area contributed by atoms with E-state index in [0.29, 0.717) is 19.4 Å². The van der Waals surface area contributed by atoms with Crippen molar-refractivity contribution in [2.75, 3.05) is 13.2 Å². The second-order valence-electron chi connectivity index (χ2n) is 4.89. The summed E-state index contributed by atoms with van der Waals surface area (Å²) in [6, 6.07) is 4.08. The van der Waals surface area contributed by atoms with Crippen LogP contribution in [0.2, 0.25) is 0 Å². The zero-order valence-electron chi connectivity index (χ0n) is 12.3. The molecular weight excluding hydrogens is 386 g/mol. The predicted octanol–water partition coefficient (Wildman–Crippen LogP) is 4.25. The second-order valence-corrected chi connectivity index (χ2v) is 6.60. The van der Waals surface area contributed by atoms with Crippen molar-refractivity contribution < 1.29 is 9.84 Å². The Balaban J connectivity index is 2.81. The number of ether oxygens (including phenoxy) is 1. The van der Waals surface area contributed by atoms with Crippen molar-refractivity contribution in [2.45, 2.75) is 45.8 Å². The summed E-state index contributed by atoms with van der Waals surface area (Å²) < 4.78 is 7.60. The highest BCUT2D eigenvalue weighted by atomic mass is 79.9. The molecule has 1 aromatic carbocycles. The monoisotopic (exact) mass is 407 g/mol. The van der Waals surface area contributed by atoms with Gasteiger partial charge in [-0.3, -0.25) is 0 Å². The Kier molecular flexibility index (Phi) is 7.51. The molecule has 0 amide bonds. The van der Waals surface area contributed by atoms with E-state index in [0.717, 1.165) is 27.8 Å². The van der Waals surface area contributed by atoms with Crippen molar-refractivity contribution in [3.05, 3.63) is 26.6 Å².